The number of ether oxygens (including phenoxy) is 1. The minimum Gasteiger partial charge on any atom is -0.435 e. The van der Waals surface area contributed by atoms with E-state index < -0.39 is 0 Å². The monoisotopic (exact) mass is 245 g/mol. The van der Waals surface area contributed by atoms with E-state index in [0.29, 0.717) is 22.9 Å². The Morgan fingerprint density at radius 1 is 1.50 bits per heavy atom. The van der Waals surface area contributed by atoms with Gasteiger partial charge in [0.05, 0.1) is 18.1 Å². The first kappa shape index (κ1) is 12.2. The first-order valence-electron chi connectivity index (χ1n) is 5.79. The average Bonchev–Trinajstić information content (AvgIpc) is 2.86. The van der Waals surface area contributed by atoms with Gasteiger partial charge in [-0.05, 0) is 13.3 Å². The van der Waals surface area contributed by atoms with Gasteiger partial charge in [0.1, 0.15) is 11.6 Å². The summed E-state index contributed by atoms with van der Waals surface area (Å²) in [6, 6.07) is 2.10. The number of aromatic nitrogens is 4. The summed E-state index contributed by atoms with van der Waals surface area (Å²) in [4.78, 5) is 0. The number of rotatable bonds is 4. The molecule has 18 heavy (non-hydrogen) atoms. The van der Waals surface area contributed by atoms with Gasteiger partial charge in [-0.2, -0.15) is 15.5 Å². The van der Waals surface area contributed by atoms with Crippen LogP contribution in [0.25, 0.3) is 0 Å². The van der Waals surface area contributed by atoms with Gasteiger partial charge in [0, 0.05) is 13.6 Å². The van der Waals surface area contributed by atoms with Gasteiger partial charge >= 0.3 is 0 Å². The molecule has 0 saturated carbocycles. The predicted molar refractivity (Wildman–Crippen MR) is 65.3 cm³/mol. The topological polar surface area (TPSA) is 68.7 Å². The maximum absolute atomic E-state index is 9.08. The van der Waals surface area contributed by atoms with Crippen LogP contribution < -0.4 is 4.74 Å². The van der Waals surface area contributed by atoms with Crippen molar-refractivity contribution in [2.75, 3.05) is 0 Å². The van der Waals surface area contributed by atoms with Crippen LogP contribution in [-0.2, 0) is 13.6 Å². The molecule has 2 aromatic rings. The molecule has 0 bridgehead atoms. The SMILES string of the molecule is CCCn1cc(Oc2c(C#N)c(C)nn2C)cn1. The van der Waals surface area contributed by atoms with Crippen LogP contribution in [0.5, 0.6) is 11.6 Å². The fourth-order valence-electron chi connectivity index (χ4n) is 1.74. The molecule has 2 aromatic heterocycles. The van der Waals surface area contributed by atoms with Gasteiger partial charge in [-0.25, -0.2) is 4.68 Å². The minimum atomic E-state index is 0.450. The van der Waals surface area contributed by atoms with E-state index in [2.05, 4.69) is 23.2 Å². The molecule has 0 aliphatic heterocycles. The Kier molecular flexibility index (Phi) is 3.33. The maximum Gasteiger partial charge on any atom is 0.236 e. The Morgan fingerprint density at radius 3 is 2.94 bits per heavy atom. The summed E-state index contributed by atoms with van der Waals surface area (Å²) < 4.78 is 9.04. The van der Waals surface area contributed by atoms with Crippen LogP contribution in [0.15, 0.2) is 12.4 Å². The van der Waals surface area contributed by atoms with Crippen molar-refractivity contribution in [3.63, 3.8) is 0 Å². The summed E-state index contributed by atoms with van der Waals surface area (Å²) in [6.45, 7) is 4.71. The van der Waals surface area contributed by atoms with Gasteiger partial charge < -0.3 is 4.74 Å². The van der Waals surface area contributed by atoms with E-state index >= 15 is 0 Å². The standard InChI is InChI=1S/C12H15N5O/c1-4-5-17-8-10(7-14-17)18-12-11(6-13)9(2)15-16(12)3/h7-8H,4-5H2,1-3H3. The molecule has 0 aromatic carbocycles. The Hall–Kier alpha value is -2.29. The minimum absolute atomic E-state index is 0.450. The van der Waals surface area contributed by atoms with Crippen LogP contribution in [-0.4, -0.2) is 19.6 Å². The first-order chi connectivity index (χ1) is 8.65. The molecular weight excluding hydrogens is 230 g/mol. The molecule has 0 spiro atoms. The van der Waals surface area contributed by atoms with E-state index in [-0.39, 0.29) is 0 Å². The van der Waals surface area contributed by atoms with Gasteiger partial charge in [0.15, 0.2) is 5.75 Å². The van der Waals surface area contributed by atoms with E-state index in [4.69, 9.17) is 10.00 Å². The van der Waals surface area contributed by atoms with Crippen molar-refractivity contribution < 1.29 is 4.74 Å². The molecule has 0 fully saturated rings. The maximum atomic E-state index is 9.08. The van der Waals surface area contributed by atoms with E-state index in [9.17, 15) is 0 Å². The first-order valence-corrected chi connectivity index (χ1v) is 5.79. The molecule has 0 N–H and O–H groups in total. The second kappa shape index (κ2) is 4.92. The number of nitriles is 1. The highest BCUT2D eigenvalue weighted by atomic mass is 16.5. The second-order valence-electron chi connectivity index (χ2n) is 4.04. The van der Waals surface area contributed by atoms with Gasteiger partial charge in [0.2, 0.25) is 5.88 Å². The Morgan fingerprint density at radius 2 is 2.28 bits per heavy atom. The van der Waals surface area contributed by atoms with Gasteiger partial charge in [-0.3, -0.25) is 4.68 Å². The molecule has 6 nitrogen and oxygen atoms in total. The summed E-state index contributed by atoms with van der Waals surface area (Å²) in [7, 11) is 1.75. The molecular formula is C12H15N5O. The van der Waals surface area contributed by atoms with Gasteiger partial charge in [-0.15, -0.1) is 0 Å². The normalized spacial score (nSPS) is 10.3. The van der Waals surface area contributed by atoms with Crippen molar-refractivity contribution in [1.29, 1.82) is 5.26 Å². The molecule has 0 radical (unpaired) electrons. The molecule has 0 saturated heterocycles. The average molecular weight is 245 g/mol. The molecule has 0 atom stereocenters. The molecule has 0 amide bonds. The van der Waals surface area contributed by atoms with Crippen LogP contribution in [0.4, 0.5) is 0 Å². The zero-order chi connectivity index (χ0) is 13.1. The zero-order valence-electron chi connectivity index (χ0n) is 10.7. The highest BCUT2D eigenvalue weighted by Gasteiger charge is 2.15. The van der Waals surface area contributed by atoms with Crippen LogP contribution >= 0.6 is 0 Å². The summed E-state index contributed by atoms with van der Waals surface area (Å²) in [5.74, 6) is 1.06. The number of aryl methyl sites for hydroxylation is 3. The van der Waals surface area contributed by atoms with Gasteiger partial charge in [0.25, 0.3) is 0 Å². The van der Waals surface area contributed by atoms with Crippen molar-refractivity contribution in [2.24, 2.45) is 7.05 Å². The van der Waals surface area contributed by atoms with Gasteiger partial charge in [-0.1, -0.05) is 6.92 Å². The van der Waals surface area contributed by atoms with E-state index in [1.807, 2.05) is 10.9 Å². The fourth-order valence-corrected chi connectivity index (χ4v) is 1.74. The Labute approximate surface area is 105 Å². The third-order valence-electron chi connectivity index (χ3n) is 2.56. The lowest BCUT2D eigenvalue weighted by molar-refractivity contribution is 0.428. The number of hydrogen-bond donors (Lipinski definition) is 0. The molecule has 94 valence electrons. The van der Waals surface area contributed by atoms with E-state index in [1.54, 1.807) is 24.9 Å². The lowest BCUT2D eigenvalue weighted by Gasteiger charge is -2.02. The zero-order valence-corrected chi connectivity index (χ0v) is 10.7. The highest BCUT2D eigenvalue weighted by Crippen LogP contribution is 2.25. The quantitative estimate of drug-likeness (QED) is 0.826. The predicted octanol–water partition coefficient (Wildman–Crippen LogP) is 2.00. The van der Waals surface area contributed by atoms with Crippen molar-refractivity contribution >= 4 is 0 Å². The van der Waals surface area contributed by atoms with Crippen molar-refractivity contribution in [3.05, 3.63) is 23.7 Å². The lowest BCUT2D eigenvalue weighted by atomic mass is 10.3. The third-order valence-corrected chi connectivity index (χ3v) is 2.56. The molecule has 2 heterocycles. The molecule has 2 rings (SSSR count). The van der Waals surface area contributed by atoms with Crippen LogP contribution in [0.3, 0.4) is 0 Å². The fraction of sp³-hybridized carbons (Fsp3) is 0.417. The van der Waals surface area contributed by atoms with Crippen molar-refractivity contribution in [3.8, 4) is 17.7 Å². The molecule has 0 unspecified atom stereocenters. The second-order valence-corrected chi connectivity index (χ2v) is 4.04. The number of nitrogens with zero attached hydrogens (tertiary/aromatic N) is 5. The Bertz CT molecular complexity index is 590. The molecule has 6 heteroatoms. The third kappa shape index (κ3) is 2.20. The Balaban J connectivity index is 2.25. The van der Waals surface area contributed by atoms with E-state index in [1.165, 1.54) is 0 Å². The summed E-state index contributed by atoms with van der Waals surface area (Å²) in [5, 5.41) is 17.4. The highest BCUT2D eigenvalue weighted by molar-refractivity contribution is 5.43. The lowest BCUT2D eigenvalue weighted by Crippen LogP contribution is -1.97. The van der Waals surface area contributed by atoms with Crippen LogP contribution in [0.2, 0.25) is 0 Å². The van der Waals surface area contributed by atoms with Crippen LogP contribution in [0.1, 0.15) is 24.6 Å². The van der Waals surface area contributed by atoms with E-state index in [0.717, 1.165) is 13.0 Å². The summed E-state index contributed by atoms with van der Waals surface area (Å²) in [5.41, 5.74) is 1.12. The summed E-state index contributed by atoms with van der Waals surface area (Å²) >= 11 is 0. The molecule has 0 aliphatic rings. The summed E-state index contributed by atoms with van der Waals surface area (Å²) in [6.07, 6.45) is 4.46. The largest absolute Gasteiger partial charge is 0.435 e. The number of hydrogen-bond acceptors (Lipinski definition) is 4. The molecule has 0 aliphatic carbocycles. The van der Waals surface area contributed by atoms with Crippen molar-refractivity contribution in [1.82, 2.24) is 19.6 Å². The van der Waals surface area contributed by atoms with Crippen LogP contribution in [0, 0.1) is 18.3 Å². The smallest absolute Gasteiger partial charge is 0.236 e. The van der Waals surface area contributed by atoms with Crippen molar-refractivity contribution in [2.45, 2.75) is 26.8 Å².